The molecule has 0 bridgehead atoms. The minimum atomic E-state index is 0.753. The lowest BCUT2D eigenvalue weighted by atomic mass is 10.1. The predicted molar refractivity (Wildman–Crippen MR) is 95.6 cm³/mol. The number of nitrogens with zero attached hydrogens (tertiary/aromatic N) is 6. The average molecular weight is 326 g/mol. The molecule has 2 aromatic carbocycles. The fourth-order valence-electron chi connectivity index (χ4n) is 2.98. The predicted octanol–water partition coefficient (Wildman–Crippen LogP) is 3.44. The third-order valence-corrected chi connectivity index (χ3v) is 4.29. The Labute approximate surface area is 143 Å². The maximum Gasteiger partial charge on any atom is 0.175 e. The summed E-state index contributed by atoms with van der Waals surface area (Å²) in [4.78, 5) is 4.61. The van der Waals surface area contributed by atoms with Gasteiger partial charge in [0.05, 0.1) is 17.3 Å². The van der Waals surface area contributed by atoms with Gasteiger partial charge < -0.3 is 0 Å². The van der Waals surface area contributed by atoms with Crippen LogP contribution in [0.2, 0.25) is 0 Å². The van der Waals surface area contributed by atoms with Gasteiger partial charge in [-0.3, -0.25) is 4.40 Å². The lowest BCUT2D eigenvalue weighted by Gasteiger charge is -2.03. The van der Waals surface area contributed by atoms with E-state index >= 15 is 0 Å². The SMILES string of the molecule is Cc1ccc(-c2nnc3c4cnn(-c5ccccc5)c4ncn23)cc1. The summed E-state index contributed by atoms with van der Waals surface area (Å²) in [5, 5.41) is 14.1. The number of aromatic nitrogens is 6. The zero-order chi connectivity index (χ0) is 16.8. The average Bonchev–Trinajstić information content (AvgIpc) is 3.27. The van der Waals surface area contributed by atoms with E-state index in [-0.39, 0.29) is 0 Å². The molecule has 6 nitrogen and oxygen atoms in total. The van der Waals surface area contributed by atoms with Gasteiger partial charge in [0, 0.05) is 5.56 Å². The second-order valence-electron chi connectivity index (χ2n) is 5.96. The quantitative estimate of drug-likeness (QED) is 0.498. The Bertz CT molecular complexity index is 1190. The van der Waals surface area contributed by atoms with Crippen LogP contribution in [0, 0.1) is 6.92 Å². The van der Waals surface area contributed by atoms with E-state index in [1.54, 1.807) is 12.5 Å². The van der Waals surface area contributed by atoms with E-state index in [0.717, 1.165) is 33.8 Å². The molecule has 0 N–H and O–H groups in total. The monoisotopic (exact) mass is 326 g/mol. The molecule has 3 aromatic heterocycles. The van der Waals surface area contributed by atoms with Crippen molar-refractivity contribution in [3.63, 3.8) is 0 Å². The van der Waals surface area contributed by atoms with Crippen LogP contribution in [0.4, 0.5) is 0 Å². The normalized spacial score (nSPS) is 11.4. The van der Waals surface area contributed by atoms with E-state index in [1.807, 2.05) is 51.5 Å². The van der Waals surface area contributed by atoms with Gasteiger partial charge in [-0.1, -0.05) is 48.0 Å². The summed E-state index contributed by atoms with van der Waals surface area (Å²) in [5.41, 5.74) is 4.70. The first-order valence-corrected chi connectivity index (χ1v) is 8.01. The van der Waals surface area contributed by atoms with Crippen LogP contribution in [0.1, 0.15) is 5.56 Å². The molecule has 25 heavy (non-hydrogen) atoms. The summed E-state index contributed by atoms with van der Waals surface area (Å²) >= 11 is 0. The number of rotatable bonds is 2. The van der Waals surface area contributed by atoms with Gasteiger partial charge in [-0.15, -0.1) is 10.2 Å². The Hall–Kier alpha value is -3.54. The number of benzene rings is 2. The summed E-state index contributed by atoms with van der Waals surface area (Å²) in [6.45, 7) is 2.06. The van der Waals surface area contributed by atoms with Crippen LogP contribution < -0.4 is 0 Å². The Morgan fingerprint density at radius 2 is 1.64 bits per heavy atom. The number of hydrogen-bond donors (Lipinski definition) is 0. The maximum atomic E-state index is 4.61. The number of fused-ring (bicyclic) bond motifs is 3. The molecule has 0 unspecified atom stereocenters. The smallest absolute Gasteiger partial charge is 0.175 e. The van der Waals surface area contributed by atoms with Gasteiger partial charge >= 0.3 is 0 Å². The molecule has 3 heterocycles. The molecule has 0 fully saturated rings. The van der Waals surface area contributed by atoms with Crippen molar-refractivity contribution in [3.05, 3.63) is 72.7 Å². The highest BCUT2D eigenvalue weighted by Gasteiger charge is 2.15. The highest BCUT2D eigenvalue weighted by molar-refractivity contribution is 5.90. The Morgan fingerprint density at radius 3 is 2.44 bits per heavy atom. The Morgan fingerprint density at radius 1 is 0.840 bits per heavy atom. The molecule has 0 saturated carbocycles. The van der Waals surface area contributed by atoms with Crippen molar-refractivity contribution in [1.29, 1.82) is 0 Å². The van der Waals surface area contributed by atoms with Gasteiger partial charge in [-0.25, -0.2) is 9.67 Å². The summed E-state index contributed by atoms with van der Waals surface area (Å²) < 4.78 is 3.72. The molecule has 0 radical (unpaired) electrons. The molecule has 0 atom stereocenters. The van der Waals surface area contributed by atoms with Gasteiger partial charge in [0.1, 0.15) is 6.33 Å². The van der Waals surface area contributed by atoms with Crippen molar-refractivity contribution in [2.45, 2.75) is 6.92 Å². The van der Waals surface area contributed by atoms with Gasteiger partial charge in [0.2, 0.25) is 0 Å². The molecule has 0 aliphatic rings. The van der Waals surface area contributed by atoms with Gasteiger partial charge in [0.15, 0.2) is 17.1 Å². The summed E-state index contributed by atoms with van der Waals surface area (Å²) in [7, 11) is 0. The summed E-state index contributed by atoms with van der Waals surface area (Å²) in [6, 6.07) is 18.2. The van der Waals surface area contributed by atoms with Crippen LogP contribution in [0.25, 0.3) is 33.8 Å². The van der Waals surface area contributed by atoms with Crippen molar-refractivity contribution in [2.24, 2.45) is 0 Å². The van der Waals surface area contributed by atoms with E-state index in [4.69, 9.17) is 0 Å². The third kappa shape index (κ3) is 2.11. The molecule has 0 aliphatic heterocycles. The molecule has 5 aromatic rings. The lowest BCUT2D eigenvalue weighted by Crippen LogP contribution is -1.98. The van der Waals surface area contributed by atoms with Crippen molar-refractivity contribution >= 4 is 16.7 Å². The molecular formula is C19H14N6. The summed E-state index contributed by atoms with van der Waals surface area (Å²) in [5.74, 6) is 0.775. The van der Waals surface area contributed by atoms with Crippen LogP contribution in [0.3, 0.4) is 0 Å². The molecular weight excluding hydrogens is 312 g/mol. The number of hydrogen-bond acceptors (Lipinski definition) is 4. The standard InChI is InChI=1S/C19H14N6/c1-13-7-9-14(10-8-13)17-22-23-19-16-11-21-25(15-5-3-2-4-6-15)18(16)20-12-24(17)19/h2-12H,1H3. The molecule has 0 amide bonds. The van der Waals surface area contributed by atoms with Gasteiger partial charge in [-0.05, 0) is 19.1 Å². The van der Waals surface area contributed by atoms with E-state index in [1.165, 1.54) is 5.56 Å². The topological polar surface area (TPSA) is 60.9 Å². The van der Waals surface area contributed by atoms with Crippen LogP contribution in [-0.4, -0.2) is 29.4 Å². The molecule has 6 heteroatoms. The Balaban J connectivity index is 1.73. The third-order valence-electron chi connectivity index (χ3n) is 4.29. The van der Waals surface area contributed by atoms with Crippen LogP contribution in [0.5, 0.6) is 0 Å². The van der Waals surface area contributed by atoms with Crippen LogP contribution in [-0.2, 0) is 0 Å². The van der Waals surface area contributed by atoms with E-state index in [0.29, 0.717) is 0 Å². The van der Waals surface area contributed by atoms with Gasteiger partial charge in [-0.2, -0.15) is 5.10 Å². The Kier molecular flexibility index (Phi) is 2.90. The first-order valence-electron chi connectivity index (χ1n) is 8.01. The lowest BCUT2D eigenvalue weighted by molar-refractivity contribution is 0.893. The zero-order valence-electron chi connectivity index (χ0n) is 13.5. The number of aryl methyl sites for hydroxylation is 1. The molecule has 0 spiro atoms. The first kappa shape index (κ1) is 13.9. The molecule has 120 valence electrons. The first-order chi connectivity index (χ1) is 12.3. The molecule has 5 rings (SSSR count). The van der Waals surface area contributed by atoms with Crippen LogP contribution in [0.15, 0.2) is 67.1 Å². The van der Waals surface area contributed by atoms with E-state index < -0.39 is 0 Å². The summed E-state index contributed by atoms with van der Waals surface area (Å²) in [6.07, 6.45) is 3.55. The zero-order valence-corrected chi connectivity index (χ0v) is 13.5. The fourth-order valence-corrected chi connectivity index (χ4v) is 2.98. The van der Waals surface area contributed by atoms with Crippen molar-refractivity contribution in [3.8, 4) is 17.1 Å². The fraction of sp³-hybridized carbons (Fsp3) is 0.0526. The minimum absolute atomic E-state index is 0.753. The molecule has 0 aliphatic carbocycles. The van der Waals surface area contributed by atoms with Crippen molar-refractivity contribution in [2.75, 3.05) is 0 Å². The second kappa shape index (κ2) is 5.24. The van der Waals surface area contributed by atoms with Crippen LogP contribution >= 0.6 is 0 Å². The van der Waals surface area contributed by atoms with E-state index in [2.05, 4.69) is 39.3 Å². The van der Waals surface area contributed by atoms with Gasteiger partial charge in [0.25, 0.3) is 0 Å². The number of para-hydroxylation sites is 1. The largest absolute Gasteiger partial charge is 0.265 e. The highest BCUT2D eigenvalue weighted by Crippen LogP contribution is 2.24. The minimum Gasteiger partial charge on any atom is -0.265 e. The van der Waals surface area contributed by atoms with E-state index in [9.17, 15) is 0 Å². The molecule has 0 saturated heterocycles. The highest BCUT2D eigenvalue weighted by atomic mass is 15.3. The maximum absolute atomic E-state index is 4.61. The van der Waals surface area contributed by atoms with Crippen molar-refractivity contribution in [1.82, 2.24) is 29.4 Å². The second-order valence-corrected chi connectivity index (χ2v) is 5.96. The van der Waals surface area contributed by atoms with Crippen molar-refractivity contribution < 1.29 is 0 Å².